The number of anilines is 1. The first kappa shape index (κ1) is 32.0. The fourth-order valence-corrected chi connectivity index (χ4v) is 4.91. The highest BCUT2D eigenvalue weighted by atomic mass is 16.6. The number of alkyl carbamates (subject to hydrolysis) is 1. The first-order valence-corrected chi connectivity index (χ1v) is 14.9. The summed E-state index contributed by atoms with van der Waals surface area (Å²) in [5.74, 6) is 1.24. The topological polar surface area (TPSA) is 71.1 Å². The molecule has 0 bridgehead atoms. The van der Waals surface area contributed by atoms with Crippen LogP contribution in [0.4, 0.5) is 10.5 Å². The van der Waals surface area contributed by atoms with Crippen molar-refractivity contribution in [1.82, 2.24) is 10.2 Å². The van der Waals surface area contributed by atoms with Crippen LogP contribution in [-0.4, -0.2) is 54.7 Å². The van der Waals surface area contributed by atoms with E-state index in [1.807, 2.05) is 56.0 Å². The molecule has 7 nitrogen and oxygen atoms in total. The number of piperidine rings is 1. The summed E-state index contributed by atoms with van der Waals surface area (Å²) in [6.07, 6.45) is 4.96. The number of amides is 2. The van der Waals surface area contributed by atoms with Crippen molar-refractivity contribution < 1.29 is 19.1 Å². The molecule has 7 heteroatoms. The molecular formula is C34H49N3O4. The third kappa shape index (κ3) is 11.5. The normalized spacial score (nSPS) is 14.6. The molecule has 1 heterocycles. The zero-order valence-electron chi connectivity index (χ0n) is 25.8. The lowest BCUT2D eigenvalue weighted by molar-refractivity contribution is -0.133. The van der Waals surface area contributed by atoms with Crippen molar-refractivity contribution in [3.8, 4) is 5.75 Å². The van der Waals surface area contributed by atoms with Gasteiger partial charge >= 0.3 is 6.09 Å². The van der Waals surface area contributed by atoms with Crippen LogP contribution in [-0.2, 0) is 16.1 Å². The zero-order valence-corrected chi connectivity index (χ0v) is 25.8. The molecule has 3 rings (SSSR count). The van der Waals surface area contributed by atoms with Crippen LogP contribution in [0.5, 0.6) is 5.75 Å². The third-order valence-electron chi connectivity index (χ3n) is 7.20. The maximum atomic E-state index is 13.0. The van der Waals surface area contributed by atoms with E-state index < -0.39 is 11.7 Å². The molecule has 1 aliphatic rings. The summed E-state index contributed by atoms with van der Waals surface area (Å²) < 4.78 is 11.3. The number of allylic oxidation sites excluding steroid dienone is 1. The van der Waals surface area contributed by atoms with Gasteiger partial charge in [0.05, 0.1) is 0 Å². The Morgan fingerprint density at radius 3 is 2.32 bits per heavy atom. The average Bonchev–Trinajstić information content (AvgIpc) is 2.92. The first-order chi connectivity index (χ1) is 19.5. The van der Waals surface area contributed by atoms with Gasteiger partial charge in [-0.05, 0) is 89.6 Å². The Hall–Kier alpha value is -3.48. The van der Waals surface area contributed by atoms with Crippen molar-refractivity contribution in [2.75, 3.05) is 31.1 Å². The Labute approximate surface area is 246 Å². The standard InChI is InChI=1S/C34H49N3O4/c1-26(2)17-23-37(29-12-14-31(15-13-29)40-25-28-10-8-7-9-11-28)30-18-21-36(22-19-30)32(38)24-27(3)16-20-35-33(39)41-34(4,5)6/h7-15,17,27,30H,16,18-25H2,1-6H3,(H,35,39)/t27-/m1/s1. The van der Waals surface area contributed by atoms with Crippen LogP contribution in [0.25, 0.3) is 0 Å². The van der Waals surface area contributed by atoms with Crippen LogP contribution >= 0.6 is 0 Å². The minimum atomic E-state index is -0.514. The first-order valence-electron chi connectivity index (χ1n) is 14.9. The van der Waals surface area contributed by atoms with Crippen molar-refractivity contribution in [1.29, 1.82) is 0 Å². The fourth-order valence-electron chi connectivity index (χ4n) is 4.91. The number of ether oxygens (including phenoxy) is 2. The van der Waals surface area contributed by atoms with Crippen molar-refractivity contribution in [2.45, 2.75) is 85.5 Å². The highest BCUT2D eigenvalue weighted by Gasteiger charge is 2.27. The molecule has 2 aromatic rings. The van der Waals surface area contributed by atoms with E-state index >= 15 is 0 Å². The number of carbonyl (C=O) groups is 2. The number of benzene rings is 2. The smallest absolute Gasteiger partial charge is 0.407 e. The molecule has 1 atom stereocenters. The van der Waals surface area contributed by atoms with Crippen LogP contribution in [0.15, 0.2) is 66.2 Å². The molecule has 224 valence electrons. The summed E-state index contributed by atoms with van der Waals surface area (Å²) in [6, 6.07) is 18.9. The lowest BCUT2D eigenvalue weighted by Gasteiger charge is -2.40. The predicted octanol–water partition coefficient (Wildman–Crippen LogP) is 6.97. The minimum absolute atomic E-state index is 0.187. The molecule has 1 fully saturated rings. The minimum Gasteiger partial charge on any atom is -0.489 e. The van der Waals surface area contributed by atoms with Gasteiger partial charge in [0, 0.05) is 44.3 Å². The SMILES string of the molecule is CC(C)=CCN(c1ccc(OCc2ccccc2)cc1)C1CCN(C(=O)C[C@H](C)CCNC(=O)OC(C)(C)C)CC1. The highest BCUT2D eigenvalue weighted by molar-refractivity contribution is 5.76. The molecule has 2 amide bonds. The van der Waals surface area contributed by atoms with Crippen LogP contribution in [0.3, 0.4) is 0 Å². The molecule has 2 aromatic carbocycles. The van der Waals surface area contributed by atoms with E-state index in [0.717, 1.165) is 50.2 Å². The van der Waals surface area contributed by atoms with Crippen molar-refractivity contribution in [2.24, 2.45) is 5.92 Å². The maximum Gasteiger partial charge on any atom is 0.407 e. The summed E-state index contributed by atoms with van der Waals surface area (Å²) in [7, 11) is 0. The van der Waals surface area contributed by atoms with Gasteiger partial charge < -0.3 is 24.6 Å². The van der Waals surface area contributed by atoms with Gasteiger partial charge in [-0.3, -0.25) is 4.79 Å². The maximum absolute atomic E-state index is 13.0. The monoisotopic (exact) mass is 563 g/mol. The van der Waals surface area contributed by atoms with Gasteiger partial charge in [0.15, 0.2) is 0 Å². The number of likely N-dealkylation sites (tertiary alicyclic amines) is 1. The zero-order chi connectivity index (χ0) is 29.8. The summed E-state index contributed by atoms with van der Waals surface area (Å²) >= 11 is 0. The van der Waals surface area contributed by atoms with E-state index in [1.165, 1.54) is 11.3 Å². The molecule has 1 saturated heterocycles. The van der Waals surface area contributed by atoms with Crippen molar-refractivity contribution in [3.63, 3.8) is 0 Å². The van der Waals surface area contributed by atoms with Crippen molar-refractivity contribution >= 4 is 17.7 Å². The molecule has 0 spiro atoms. The molecule has 41 heavy (non-hydrogen) atoms. The molecule has 0 radical (unpaired) electrons. The molecule has 0 saturated carbocycles. The Morgan fingerprint density at radius 2 is 1.71 bits per heavy atom. The van der Waals surface area contributed by atoms with E-state index in [0.29, 0.717) is 25.6 Å². The number of hydrogen-bond donors (Lipinski definition) is 1. The van der Waals surface area contributed by atoms with E-state index in [4.69, 9.17) is 9.47 Å². The quantitative estimate of drug-likeness (QED) is 0.282. The Morgan fingerprint density at radius 1 is 1.05 bits per heavy atom. The molecule has 1 N–H and O–H groups in total. The second kappa shape index (κ2) is 15.5. The van der Waals surface area contributed by atoms with Crippen LogP contribution in [0, 0.1) is 5.92 Å². The van der Waals surface area contributed by atoms with Gasteiger partial charge in [0.1, 0.15) is 18.0 Å². The number of nitrogens with zero attached hydrogens (tertiary/aromatic N) is 2. The highest BCUT2D eigenvalue weighted by Crippen LogP contribution is 2.27. The van der Waals surface area contributed by atoms with Gasteiger partial charge in [-0.1, -0.05) is 48.9 Å². The Bertz CT molecular complexity index is 1110. The summed E-state index contributed by atoms with van der Waals surface area (Å²) in [5, 5.41) is 2.79. The average molecular weight is 564 g/mol. The van der Waals surface area contributed by atoms with Crippen LogP contribution in [0.2, 0.25) is 0 Å². The number of nitrogens with one attached hydrogen (secondary N) is 1. The summed E-state index contributed by atoms with van der Waals surface area (Å²) in [6.45, 7) is 15.3. The van der Waals surface area contributed by atoms with Gasteiger partial charge in [-0.25, -0.2) is 4.79 Å². The number of hydrogen-bond acceptors (Lipinski definition) is 5. The number of carbonyl (C=O) groups excluding carboxylic acids is 2. The summed E-state index contributed by atoms with van der Waals surface area (Å²) in [4.78, 5) is 29.4. The molecule has 0 aromatic heterocycles. The van der Waals surface area contributed by atoms with E-state index in [9.17, 15) is 9.59 Å². The van der Waals surface area contributed by atoms with Crippen LogP contribution < -0.4 is 15.0 Å². The fraction of sp³-hybridized carbons (Fsp3) is 0.529. The largest absolute Gasteiger partial charge is 0.489 e. The molecule has 1 aliphatic heterocycles. The van der Waals surface area contributed by atoms with Gasteiger partial charge in [0.25, 0.3) is 0 Å². The van der Waals surface area contributed by atoms with Crippen LogP contribution in [0.1, 0.15) is 72.8 Å². The summed E-state index contributed by atoms with van der Waals surface area (Å²) in [5.41, 5.74) is 3.10. The molecular weight excluding hydrogens is 514 g/mol. The number of rotatable bonds is 12. The predicted molar refractivity (Wildman–Crippen MR) is 166 cm³/mol. The Kier molecular flexibility index (Phi) is 12.1. The van der Waals surface area contributed by atoms with Gasteiger partial charge in [0.2, 0.25) is 5.91 Å². The molecule has 0 unspecified atom stereocenters. The Balaban J connectivity index is 1.49. The third-order valence-corrected chi connectivity index (χ3v) is 7.20. The van der Waals surface area contributed by atoms with E-state index in [-0.39, 0.29) is 11.8 Å². The van der Waals surface area contributed by atoms with Gasteiger partial charge in [-0.15, -0.1) is 0 Å². The molecule has 0 aliphatic carbocycles. The van der Waals surface area contributed by atoms with Gasteiger partial charge in [-0.2, -0.15) is 0 Å². The second-order valence-electron chi connectivity index (χ2n) is 12.3. The lowest BCUT2D eigenvalue weighted by Crippen LogP contribution is -2.47. The second-order valence-corrected chi connectivity index (χ2v) is 12.3. The van der Waals surface area contributed by atoms with Crippen molar-refractivity contribution in [3.05, 3.63) is 71.8 Å². The van der Waals surface area contributed by atoms with E-state index in [1.54, 1.807) is 0 Å². The lowest BCUT2D eigenvalue weighted by atomic mass is 9.99. The van der Waals surface area contributed by atoms with E-state index in [2.05, 4.69) is 61.3 Å².